The number of amides is 1. The van der Waals surface area contributed by atoms with E-state index < -0.39 is 5.91 Å². The molecule has 1 amide bonds. The van der Waals surface area contributed by atoms with Crippen LogP contribution in [-0.4, -0.2) is 23.3 Å². The van der Waals surface area contributed by atoms with Gasteiger partial charge in [0.2, 0.25) is 0 Å². The molecule has 0 atom stereocenters. The van der Waals surface area contributed by atoms with Crippen molar-refractivity contribution in [2.75, 3.05) is 6.54 Å². The van der Waals surface area contributed by atoms with Crippen LogP contribution < -0.4 is 11.1 Å². The van der Waals surface area contributed by atoms with Crippen molar-refractivity contribution in [2.45, 2.75) is 6.54 Å². The number of phenols is 1. The molecule has 0 saturated carbocycles. The first-order chi connectivity index (χ1) is 10.1. The lowest BCUT2D eigenvalue weighted by Crippen LogP contribution is -2.23. The lowest BCUT2D eigenvalue weighted by molar-refractivity contribution is 0.0990. The van der Waals surface area contributed by atoms with Gasteiger partial charge in [-0.15, -0.1) is 0 Å². The monoisotopic (exact) mass is 284 g/mol. The Morgan fingerprint density at radius 3 is 2.48 bits per heavy atom. The van der Waals surface area contributed by atoms with Crippen molar-refractivity contribution < 1.29 is 14.7 Å². The van der Waals surface area contributed by atoms with Gasteiger partial charge >= 0.3 is 0 Å². The van der Waals surface area contributed by atoms with Crippen LogP contribution in [0.1, 0.15) is 26.3 Å². The topological polar surface area (TPSA) is 92.4 Å². The van der Waals surface area contributed by atoms with E-state index in [1.165, 1.54) is 18.2 Å². The van der Waals surface area contributed by atoms with Gasteiger partial charge in [-0.1, -0.05) is 30.3 Å². The summed E-state index contributed by atoms with van der Waals surface area (Å²) >= 11 is 0. The number of benzene rings is 2. The fourth-order valence-corrected chi connectivity index (χ4v) is 1.93. The molecule has 0 aliphatic rings. The summed E-state index contributed by atoms with van der Waals surface area (Å²) in [4.78, 5) is 23.2. The molecule has 4 N–H and O–H groups in total. The van der Waals surface area contributed by atoms with Gasteiger partial charge in [0, 0.05) is 12.1 Å². The Hall–Kier alpha value is -2.66. The van der Waals surface area contributed by atoms with Crippen LogP contribution in [0.4, 0.5) is 0 Å². The van der Waals surface area contributed by atoms with Crippen molar-refractivity contribution >= 4 is 11.7 Å². The van der Waals surface area contributed by atoms with Gasteiger partial charge in [0.1, 0.15) is 5.75 Å². The third-order valence-corrected chi connectivity index (χ3v) is 3.04. The first kappa shape index (κ1) is 14.7. The maximum atomic E-state index is 12.0. The lowest BCUT2D eigenvalue weighted by atomic mass is 10.1. The Morgan fingerprint density at radius 2 is 1.81 bits per heavy atom. The quantitative estimate of drug-likeness (QED) is 0.700. The number of hydrogen-bond acceptors (Lipinski definition) is 4. The largest absolute Gasteiger partial charge is 0.507 e. The van der Waals surface area contributed by atoms with Gasteiger partial charge in [-0.2, -0.15) is 0 Å². The van der Waals surface area contributed by atoms with Crippen molar-refractivity contribution in [3.63, 3.8) is 0 Å². The molecule has 0 fully saturated rings. The second kappa shape index (κ2) is 6.67. The molecule has 0 unspecified atom stereocenters. The Balaban J connectivity index is 1.97. The number of carbonyl (C=O) groups excluding carboxylic acids is 2. The zero-order valence-corrected chi connectivity index (χ0v) is 11.4. The van der Waals surface area contributed by atoms with Crippen LogP contribution in [0.2, 0.25) is 0 Å². The molecule has 2 aromatic rings. The molecule has 0 saturated heterocycles. The smallest absolute Gasteiger partial charge is 0.252 e. The van der Waals surface area contributed by atoms with E-state index in [-0.39, 0.29) is 23.6 Å². The van der Waals surface area contributed by atoms with E-state index in [0.29, 0.717) is 12.1 Å². The van der Waals surface area contributed by atoms with Crippen molar-refractivity contribution in [2.24, 2.45) is 5.73 Å². The van der Waals surface area contributed by atoms with Crippen molar-refractivity contribution in [1.29, 1.82) is 0 Å². The molecular weight excluding hydrogens is 268 g/mol. The van der Waals surface area contributed by atoms with Crippen LogP contribution in [0.5, 0.6) is 5.75 Å². The third-order valence-electron chi connectivity index (χ3n) is 3.04. The van der Waals surface area contributed by atoms with E-state index in [9.17, 15) is 14.7 Å². The molecule has 0 aliphatic carbocycles. The van der Waals surface area contributed by atoms with Crippen molar-refractivity contribution in [3.8, 4) is 5.75 Å². The van der Waals surface area contributed by atoms with E-state index in [2.05, 4.69) is 5.32 Å². The van der Waals surface area contributed by atoms with Gasteiger partial charge in [-0.25, -0.2) is 0 Å². The molecule has 0 aromatic heterocycles. The fraction of sp³-hybridized carbons (Fsp3) is 0.125. The van der Waals surface area contributed by atoms with Gasteiger partial charge in [0.15, 0.2) is 5.78 Å². The van der Waals surface area contributed by atoms with Crippen LogP contribution in [-0.2, 0) is 6.54 Å². The highest BCUT2D eigenvalue weighted by molar-refractivity contribution is 6.02. The summed E-state index contributed by atoms with van der Waals surface area (Å²) in [6.07, 6.45) is 0. The van der Waals surface area contributed by atoms with E-state index in [4.69, 9.17) is 5.73 Å². The van der Waals surface area contributed by atoms with Crippen LogP contribution in [0.15, 0.2) is 48.5 Å². The molecule has 5 heteroatoms. The zero-order chi connectivity index (χ0) is 15.2. The number of Topliss-reactive ketones (excluding diaryl/α,β-unsaturated/α-hetero) is 1. The Labute approximate surface area is 122 Å². The van der Waals surface area contributed by atoms with Crippen molar-refractivity contribution in [1.82, 2.24) is 5.32 Å². The highest BCUT2D eigenvalue weighted by Gasteiger charge is 2.12. The standard InChI is InChI=1S/C16H16N2O3/c17-16(21)13-8-12(6-7-14(13)19)15(20)10-18-9-11-4-2-1-3-5-11/h1-8,18-19H,9-10H2,(H2,17,21). The molecule has 2 aromatic carbocycles. The number of primary amides is 1. The predicted molar refractivity (Wildman–Crippen MR) is 79.1 cm³/mol. The number of nitrogens with two attached hydrogens (primary N) is 1. The summed E-state index contributed by atoms with van der Waals surface area (Å²) < 4.78 is 0. The molecule has 21 heavy (non-hydrogen) atoms. The Bertz CT molecular complexity index is 654. The maximum Gasteiger partial charge on any atom is 0.252 e. The SMILES string of the molecule is NC(=O)c1cc(C(=O)CNCc2ccccc2)ccc1O. The molecule has 2 rings (SSSR count). The normalized spacial score (nSPS) is 10.3. The van der Waals surface area contributed by atoms with Gasteiger partial charge in [-0.05, 0) is 23.8 Å². The van der Waals surface area contributed by atoms with E-state index in [1.807, 2.05) is 30.3 Å². The summed E-state index contributed by atoms with van der Waals surface area (Å²) in [5.74, 6) is -1.16. The molecule has 0 aliphatic heterocycles. The van der Waals surface area contributed by atoms with Crippen LogP contribution in [0.25, 0.3) is 0 Å². The minimum absolute atomic E-state index is 0.0519. The van der Waals surface area contributed by atoms with Crippen LogP contribution in [0.3, 0.4) is 0 Å². The van der Waals surface area contributed by atoms with Gasteiger partial charge in [0.05, 0.1) is 12.1 Å². The molecule has 0 spiro atoms. The average molecular weight is 284 g/mol. The fourth-order valence-electron chi connectivity index (χ4n) is 1.93. The average Bonchev–Trinajstić information content (AvgIpc) is 2.48. The van der Waals surface area contributed by atoms with Crippen LogP contribution in [0, 0.1) is 0 Å². The third kappa shape index (κ3) is 3.90. The summed E-state index contributed by atoms with van der Waals surface area (Å²) in [6, 6.07) is 13.8. The Kier molecular flexibility index (Phi) is 4.68. The van der Waals surface area contributed by atoms with E-state index >= 15 is 0 Å². The number of carbonyl (C=O) groups is 2. The number of ketones is 1. The molecule has 0 heterocycles. The van der Waals surface area contributed by atoms with Crippen LogP contribution >= 0.6 is 0 Å². The zero-order valence-electron chi connectivity index (χ0n) is 11.4. The predicted octanol–water partition coefficient (Wildman–Crippen LogP) is 1.46. The maximum absolute atomic E-state index is 12.0. The second-order valence-corrected chi connectivity index (χ2v) is 4.61. The van der Waals surface area contributed by atoms with E-state index in [0.717, 1.165) is 5.56 Å². The minimum Gasteiger partial charge on any atom is -0.507 e. The number of aromatic hydroxyl groups is 1. The van der Waals surface area contributed by atoms with Gasteiger partial charge in [-0.3, -0.25) is 9.59 Å². The minimum atomic E-state index is -0.764. The van der Waals surface area contributed by atoms with E-state index in [1.54, 1.807) is 0 Å². The number of hydrogen-bond donors (Lipinski definition) is 3. The lowest BCUT2D eigenvalue weighted by Gasteiger charge is -2.06. The highest BCUT2D eigenvalue weighted by Crippen LogP contribution is 2.18. The molecule has 108 valence electrons. The Morgan fingerprint density at radius 1 is 1.10 bits per heavy atom. The van der Waals surface area contributed by atoms with Crippen molar-refractivity contribution in [3.05, 3.63) is 65.2 Å². The molecular formula is C16H16N2O3. The number of rotatable bonds is 6. The summed E-state index contributed by atoms with van der Waals surface area (Å²) in [5.41, 5.74) is 6.49. The first-order valence-corrected chi connectivity index (χ1v) is 6.48. The number of nitrogens with one attached hydrogen (secondary N) is 1. The van der Waals surface area contributed by atoms with Gasteiger partial charge < -0.3 is 16.2 Å². The highest BCUT2D eigenvalue weighted by atomic mass is 16.3. The summed E-state index contributed by atoms with van der Waals surface area (Å²) in [7, 11) is 0. The first-order valence-electron chi connectivity index (χ1n) is 6.48. The second-order valence-electron chi connectivity index (χ2n) is 4.61. The summed E-state index contributed by atoms with van der Waals surface area (Å²) in [6.45, 7) is 0.714. The molecule has 0 bridgehead atoms. The van der Waals surface area contributed by atoms with Gasteiger partial charge in [0.25, 0.3) is 5.91 Å². The molecule has 0 radical (unpaired) electrons. The molecule has 5 nitrogen and oxygen atoms in total. The summed E-state index contributed by atoms with van der Waals surface area (Å²) in [5, 5.41) is 12.5.